The first-order valence-electron chi connectivity index (χ1n) is 7.51. The SMILES string of the molecule is CCN(C(C)CNC(C)(C)CC)C1CCCC1. The van der Waals surface area contributed by atoms with Gasteiger partial charge in [0.2, 0.25) is 0 Å². The van der Waals surface area contributed by atoms with Crippen molar-refractivity contribution in [2.75, 3.05) is 13.1 Å². The van der Waals surface area contributed by atoms with E-state index in [2.05, 4.69) is 44.8 Å². The van der Waals surface area contributed by atoms with Crippen molar-refractivity contribution < 1.29 is 0 Å². The van der Waals surface area contributed by atoms with Crippen molar-refractivity contribution in [3.05, 3.63) is 0 Å². The van der Waals surface area contributed by atoms with Crippen LogP contribution in [0.4, 0.5) is 0 Å². The van der Waals surface area contributed by atoms with E-state index in [-0.39, 0.29) is 5.54 Å². The lowest BCUT2D eigenvalue weighted by Crippen LogP contribution is -2.49. The maximum absolute atomic E-state index is 3.71. The molecule has 0 aromatic heterocycles. The molecule has 1 fully saturated rings. The summed E-state index contributed by atoms with van der Waals surface area (Å²) in [4.78, 5) is 2.70. The van der Waals surface area contributed by atoms with Gasteiger partial charge in [-0.15, -0.1) is 0 Å². The molecule has 0 amide bonds. The lowest BCUT2D eigenvalue weighted by molar-refractivity contribution is 0.143. The monoisotopic (exact) mass is 240 g/mol. The number of likely N-dealkylation sites (N-methyl/N-ethyl adjacent to an activating group) is 1. The lowest BCUT2D eigenvalue weighted by atomic mass is 10.0. The topological polar surface area (TPSA) is 15.3 Å². The smallest absolute Gasteiger partial charge is 0.0195 e. The first-order chi connectivity index (χ1) is 8.00. The second-order valence-corrected chi connectivity index (χ2v) is 6.24. The Morgan fingerprint density at radius 1 is 1.24 bits per heavy atom. The molecular formula is C15H32N2. The molecule has 2 nitrogen and oxygen atoms in total. The number of nitrogens with one attached hydrogen (secondary N) is 1. The fraction of sp³-hybridized carbons (Fsp3) is 1.00. The van der Waals surface area contributed by atoms with Crippen LogP contribution in [0.25, 0.3) is 0 Å². The summed E-state index contributed by atoms with van der Waals surface area (Å²) in [6.45, 7) is 13.8. The van der Waals surface area contributed by atoms with E-state index in [4.69, 9.17) is 0 Å². The highest BCUT2D eigenvalue weighted by Gasteiger charge is 2.26. The third kappa shape index (κ3) is 4.59. The van der Waals surface area contributed by atoms with Crippen molar-refractivity contribution in [3.8, 4) is 0 Å². The molecule has 1 aliphatic rings. The molecule has 2 heteroatoms. The summed E-state index contributed by atoms with van der Waals surface area (Å²) in [7, 11) is 0. The maximum Gasteiger partial charge on any atom is 0.0195 e. The molecule has 1 aliphatic carbocycles. The molecular weight excluding hydrogens is 208 g/mol. The quantitative estimate of drug-likeness (QED) is 0.733. The van der Waals surface area contributed by atoms with Gasteiger partial charge in [-0.2, -0.15) is 0 Å². The van der Waals surface area contributed by atoms with Gasteiger partial charge >= 0.3 is 0 Å². The Balaban J connectivity index is 2.40. The minimum Gasteiger partial charge on any atom is -0.310 e. The van der Waals surface area contributed by atoms with Crippen LogP contribution in [-0.2, 0) is 0 Å². The van der Waals surface area contributed by atoms with Gasteiger partial charge in [0, 0.05) is 24.2 Å². The molecule has 17 heavy (non-hydrogen) atoms. The van der Waals surface area contributed by atoms with Crippen molar-refractivity contribution in [3.63, 3.8) is 0 Å². The van der Waals surface area contributed by atoms with Gasteiger partial charge < -0.3 is 5.32 Å². The van der Waals surface area contributed by atoms with Crippen LogP contribution in [-0.4, -0.2) is 35.6 Å². The highest BCUT2D eigenvalue weighted by atomic mass is 15.2. The van der Waals surface area contributed by atoms with Gasteiger partial charge in [-0.3, -0.25) is 4.90 Å². The minimum atomic E-state index is 0.281. The van der Waals surface area contributed by atoms with Gasteiger partial charge in [0.1, 0.15) is 0 Å². The average Bonchev–Trinajstić information content (AvgIpc) is 2.81. The molecule has 0 aromatic carbocycles. The van der Waals surface area contributed by atoms with E-state index in [1.54, 1.807) is 0 Å². The van der Waals surface area contributed by atoms with Crippen LogP contribution in [0, 0.1) is 0 Å². The molecule has 0 radical (unpaired) electrons. The Bertz CT molecular complexity index is 207. The van der Waals surface area contributed by atoms with E-state index >= 15 is 0 Å². The van der Waals surface area contributed by atoms with Crippen molar-refractivity contribution in [2.45, 2.75) is 84.3 Å². The molecule has 0 bridgehead atoms. The normalized spacial score (nSPS) is 20.1. The first-order valence-corrected chi connectivity index (χ1v) is 7.51. The van der Waals surface area contributed by atoms with E-state index in [0.717, 1.165) is 12.6 Å². The fourth-order valence-corrected chi connectivity index (χ4v) is 2.83. The highest BCUT2D eigenvalue weighted by molar-refractivity contribution is 4.84. The number of hydrogen-bond donors (Lipinski definition) is 1. The second-order valence-electron chi connectivity index (χ2n) is 6.24. The second kappa shape index (κ2) is 6.75. The van der Waals surface area contributed by atoms with Crippen molar-refractivity contribution in [1.29, 1.82) is 0 Å². The van der Waals surface area contributed by atoms with E-state index < -0.39 is 0 Å². The zero-order valence-electron chi connectivity index (χ0n) is 12.6. The summed E-state index contributed by atoms with van der Waals surface area (Å²) in [5, 5.41) is 3.71. The Morgan fingerprint density at radius 3 is 2.29 bits per heavy atom. The standard InChI is InChI=1S/C15H32N2/c1-6-15(4,5)16-12-13(3)17(7-2)14-10-8-9-11-14/h13-14,16H,6-12H2,1-5H3. The molecule has 1 unspecified atom stereocenters. The Morgan fingerprint density at radius 2 is 1.82 bits per heavy atom. The molecule has 1 saturated carbocycles. The van der Waals surface area contributed by atoms with Gasteiger partial charge in [0.05, 0.1) is 0 Å². The molecule has 102 valence electrons. The summed E-state index contributed by atoms with van der Waals surface area (Å²) < 4.78 is 0. The summed E-state index contributed by atoms with van der Waals surface area (Å²) in [6.07, 6.45) is 6.88. The molecule has 0 saturated heterocycles. The molecule has 1 rings (SSSR count). The van der Waals surface area contributed by atoms with E-state index in [0.29, 0.717) is 6.04 Å². The first kappa shape index (κ1) is 15.0. The van der Waals surface area contributed by atoms with Gasteiger partial charge in [0.25, 0.3) is 0 Å². The third-order valence-electron chi connectivity index (χ3n) is 4.48. The fourth-order valence-electron chi connectivity index (χ4n) is 2.83. The number of rotatable bonds is 7. The minimum absolute atomic E-state index is 0.281. The van der Waals surface area contributed by atoms with E-state index in [1.165, 1.54) is 38.6 Å². The van der Waals surface area contributed by atoms with Gasteiger partial charge in [-0.1, -0.05) is 26.7 Å². The summed E-state index contributed by atoms with van der Waals surface area (Å²) in [5.41, 5.74) is 0.281. The van der Waals surface area contributed by atoms with Crippen molar-refractivity contribution in [2.24, 2.45) is 0 Å². The molecule has 0 spiro atoms. The zero-order valence-corrected chi connectivity index (χ0v) is 12.6. The van der Waals surface area contributed by atoms with Crippen LogP contribution in [0.1, 0.15) is 66.7 Å². The maximum atomic E-state index is 3.71. The molecule has 1 atom stereocenters. The van der Waals surface area contributed by atoms with Crippen molar-refractivity contribution in [1.82, 2.24) is 10.2 Å². The summed E-state index contributed by atoms with van der Waals surface area (Å²) in [5.74, 6) is 0. The van der Waals surface area contributed by atoms with E-state index in [9.17, 15) is 0 Å². The van der Waals surface area contributed by atoms with Gasteiger partial charge in [0.15, 0.2) is 0 Å². The zero-order chi connectivity index (χ0) is 12.9. The van der Waals surface area contributed by atoms with Crippen molar-refractivity contribution >= 4 is 0 Å². The van der Waals surface area contributed by atoms with Crippen LogP contribution < -0.4 is 5.32 Å². The van der Waals surface area contributed by atoms with Crippen LogP contribution in [0.15, 0.2) is 0 Å². The Kier molecular flexibility index (Phi) is 5.94. The predicted octanol–water partition coefficient (Wildman–Crippen LogP) is 3.42. The molecule has 0 aromatic rings. The van der Waals surface area contributed by atoms with Crippen LogP contribution in [0.3, 0.4) is 0 Å². The van der Waals surface area contributed by atoms with Crippen LogP contribution in [0.2, 0.25) is 0 Å². The predicted molar refractivity (Wildman–Crippen MR) is 76.5 cm³/mol. The third-order valence-corrected chi connectivity index (χ3v) is 4.48. The molecule has 0 aliphatic heterocycles. The Hall–Kier alpha value is -0.0800. The average molecular weight is 240 g/mol. The molecule has 0 heterocycles. The summed E-state index contributed by atoms with van der Waals surface area (Å²) >= 11 is 0. The van der Waals surface area contributed by atoms with Crippen LogP contribution in [0.5, 0.6) is 0 Å². The number of hydrogen-bond acceptors (Lipinski definition) is 2. The number of nitrogens with zero attached hydrogens (tertiary/aromatic N) is 1. The largest absolute Gasteiger partial charge is 0.310 e. The van der Waals surface area contributed by atoms with Gasteiger partial charge in [-0.05, 0) is 46.6 Å². The highest BCUT2D eigenvalue weighted by Crippen LogP contribution is 2.24. The Labute approximate surface area is 108 Å². The van der Waals surface area contributed by atoms with Gasteiger partial charge in [-0.25, -0.2) is 0 Å². The van der Waals surface area contributed by atoms with E-state index in [1.807, 2.05) is 0 Å². The lowest BCUT2D eigenvalue weighted by Gasteiger charge is -2.36. The molecule has 1 N–H and O–H groups in total. The van der Waals surface area contributed by atoms with Crippen LogP contribution >= 0.6 is 0 Å². The summed E-state index contributed by atoms with van der Waals surface area (Å²) in [6, 6.07) is 1.51.